The summed E-state index contributed by atoms with van der Waals surface area (Å²) in [6.07, 6.45) is 7.54. The number of piperazine rings is 1. The fraction of sp³-hybridized carbons (Fsp3) is 0.750. The van der Waals surface area contributed by atoms with Crippen LogP contribution in [0.3, 0.4) is 0 Å². The van der Waals surface area contributed by atoms with Crippen molar-refractivity contribution in [1.82, 2.24) is 19.8 Å². The van der Waals surface area contributed by atoms with Crippen molar-refractivity contribution in [2.75, 3.05) is 39.9 Å². The minimum atomic E-state index is 0.172. The van der Waals surface area contributed by atoms with E-state index in [4.69, 9.17) is 4.74 Å². The summed E-state index contributed by atoms with van der Waals surface area (Å²) in [5.41, 5.74) is 0. The minimum absolute atomic E-state index is 0.172. The third-order valence-corrected chi connectivity index (χ3v) is 4.86. The Balaban J connectivity index is 1.51. The molecule has 1 aromatic rings. The maximum atomic E-state index is 12.5. The van der Waals surface area contributed by atoms with Crippen LogP contribution in [0.4, 0.5) is 0 Å². The number of carbonyl (C=O) groups excluding carboxylic acids is 1. The molecule has 2 saturated heterocycles. The van der Waals surface area contributed by atoms with Crippen LogP contribution in [-0.2, 0) is 9.53 Å². The molecule has 6 heteroatoms. The molecular formula is C16H26N4O2. The average molecular weight is 306 g/mol. The lowest BCUT2D eigenvalue weighted by Gasteiger charge is -2.38. The lowest BCUT2D eigenvalue weighted by molar-refractivity contribution is -0.134. The average Bonchev–Trinajstić information content (AvgIpc) is 3.08. The van der Waals surface area contributed by atoms with Crippen molar-refractivity contribution in [2.45, 2.75) is 31.7 Å². The Morgan fingerprint density at radius 2 is 2.41 bits per heavy atom. The number of ether oxygens (including phenoxy) is 1. The van der Waals surface area contributed by atoms with E-state index in [1.807, 2.05) is 11.1 Å². The quantitative estimate of drug-likeness (QED) is 0.914. The number of rotatable bonds is 4. The monoisotopic (exact) mass is 306 g/mol. The molecule has 2 fully saturated rings. The first-order chi connectivity index (χ1) is 10.7. The normalized spacial score (nSPS) is 27.0. The molecule has 0 unspecified atom stereocenters. The number of hydrogen-bond acceptors (Lipinski definition) is 4. The van der Waals surface area contributed by atoms with Crippen LogP contribution in [0.2, 0.25) is 0 Å². The molecule has 0 aliphatic carbocycles. The van der Waals surface area contributed by atoms with E-state index in [1.54, 1.807) is 6.20 Å². The van der Waals surface area contributed by atoms with E-state index < -0.39 is 0 Å². The Bertz CT molecular complexity index is 471. The molecule has 2 aliphatic heterocycles. The number of hydrogen-bond donors (Lipinski definition) is 1. The Hall–Kier alpha value is -1.40. The summed E-state index contributed by atoms with van der Waals surface area (Å²) in [5.74, 6) is 1.78. The number of nitrogens with zero attached hydrogens (tertiary/aromatic N) is 3. The number of aromatic nitrogens is 2. The molecule has 0 aromatic carbocycles. The molecule has 122 valence electrons. The van der Waals surface area contributed by atoms with E-state index >= 15 is 0 Å². The van der Waals surface area contributed by atoms with Gasteiger partial charge in [-0.1, -0.05) is 0 Å². The summed E-state index contributed by atoms with van der Waals surface area (Å²) in [5, 5.41) is 0. The largest absolute Gasteiger partial charge is 0.381 e. The van der Waals surface area contributed by atoms with Gasteiger partial charge in [-0.2, -0.15) is 0 Å². The van der Waals surface area contributed by atoms with Crippen LogP contribution >= 0.6 is 0 Å². The van der Waals surface area contributed by atoms with E-state index in [9.17, 15) is 4.79 Å². The van der Waals surface area contributed by atoms with Gasteiger partial charge in [-0.3, -0.25) is 9.69 Å². The number of imidazole rings is 1. The Morgan fingerprint density at radius 3 is 3.14 bits per heavy atom. The SMILES string of the molecule is CN1CCN(C(=O)CC[C@@H]2CCCOC2)C[C@@H]1c1ncc[nH]1. The number of likely N-dealkylation sites (N-methyl/N-ethyl adjacent to an activating group) is 1. The second-order valence-electron chi connectivity index (χ2n) is 6.43. The van der Waals surface area contributed by atoms with Crippen molar-refractivity contribution in [3.05, 3.63) is 18.2 Å². The molecular weight excluding hydrogens is 280 g/mol. The molecule has 1 amide bonds. The van der Waals surface area contributed by atoms with E-state index in [2.05, 4.69) is 21.9 Å². The third kappa shape index (κ3) is 3.67. The summed E-state index contributed by atoms with van der Waals surface area (Å²) < 4.78 is 5.50. The molecule has 2 atom stereocenters. The second kappa shape index (κ2) is 7.24. The van der Waals surface area contributed by atoms with Gasteiger partial charge in [0.05, 0.1) is 6.04 Å². The van der Waals surface area contributed by atoms with Crippen molar-refractivity contribution in [3.63, 3.8) is 0 Å². The summed E-state index contributed by atoms with van der Waals surface area (Å²) in [6, 6.07) is 0.172. The predicted molar refractivity (Wildman–Crippen MR) is 83.3 cm³/mol. The van der Waals surface area contributed by atoms with Gasteiger partial charge >= 0.3 is 0 Å². The van der Waals surface area contributed by atoms with Crippen LogP contribution < -0.4 is 0 Å². The van der Waals surface area contributed by atoms with Crippen LogP contribution in [0.1, 0.15) is 37.5 Å². The molecule has 3 heterocycles. The molecule has 0 radical (unpaired) electrons. The van der Waals surface area contributed by atoms with Crippen LogP contribution in [0.25, 0.3) is 0 Å². The van der Waals surface area contributed by atoms with E-state index in [0.717, 1.165) is 51.5 Å². The summed E-state index contributed by atoms with van der Waals surface area (Å²) >= 11 is 0. The van der Waals surface area contributed by atoms with E-state index in [1.165, 1.54) is 6.42 Å². The van der Waals surface area contributed by atoms with E-state index in [0.29, 0.717) is 12.3 Å². The molecule has 3 rings (SSSR count). The van der Waals surface area contributed by atoms with Crippen LogP contribution in [0, 0.1) is 5.92 Å². The summed E-state index contributed by atoms with van der Waals surface area (Å²) in [4.78, 5) is 24.3. The van der Waals surface area contributed by atoms with Crippen LogP contribution in [0.15, 0.2) is 12.4 Å². The zero-order valence-electron chi connectivity index (χ0n) is 13.3. The fourth-order valence-corrected chi connectivity index (χ4v) is 3.38. The van der Waals surface area contributed by atoms with Gasteiger partial charge in [-0.05, 0) is 32.2 Å². The van der Waals surface area contributed by atoms with Gasteiger partial charge in [0, 0.05) is 51.7 Å². The molecule has 2 aliphatic rings. The standard InChI is InChI=1S/C16H26N4O2/c1-19-8-9-20(11-14(19)16-17-6-7-18-16)15(21)5-4-13-3-2-10-22-12-13/h6-7,13-14H,2-5,8-12H2,1H3,(H,17,18)/t13-,14+/m0/s1. The maximum Gasteiger partial charge on any atom is 0.222 e. The van der Waals surface area contributed by atoms with Gasteiger partial charge in [0.15, 0.2) is 0 Å². The molecule has 0 saturated carbocycles. The maximum absolute atomic E-state index is 12.5. The van der Waals surface area contributed by atoms with Gasteiger partial charge in [0.2, 0.25) is 5.91 Å². The molecule has 1 N–H and O–H groups in total. The molecule has 22 heavy (non-hydrogen) atoms. The molecule has 1 aromatic heterocycles. The molecule has 6 nitrogen and oxygen atoms in total. The van der Waals surface area contributed by atoms with Crippen molar-refractivity contribution in [1.29, 1.82) is 0 Å². The van der Waals surface area contributed by atoms with Gasteiger partial charge in [-0.25, -0.2) is 4.98 Å². The van der Waals surface area contributed by atoms with E-state index in [-0.39, 0.29) is 11.9 Å². The smallest absolute Gasteiger partial charge is 0.222 e. The van der Waals surface area contributed by atoms with Crippen molar-refractivity contribution in [2.24, 2.45) is 5.92 Å². The fourth-order valence-electron chi connectivity index (χ4n) is 3.38. The Morgan fingerprint density at radius 1 is 1.50 bits per heavy atom. The first kappa shape index (κ1) is 15.5. The highest BCUT2D eigenvalue weighted by atomic mass is 16.5. The highest BCUT2D eigenvalue weighted by molar-refractivity contribution is 5.76. The number of aromatic amines is 1. The third-order valence-electron chi connectivity index (χ3n) is 4.86. The van der Waals surface area contributed by atoms with Crippen LogP contribution in [0.5, 0.6) is 0 Å². The number of H-pyrrole nitrogens is 1. The predicted octanol–water partition coefficient (Wildman–Crippen LogP) is 1.43. The minimum Gasteiger partial charge on any atom is -0.381 e. The first-order valence-corrected chi connectivity index (χ1v) is 8.29. The molecule has 0 bridgehead atoms. The van der Waals surface area contributed by atoms with Gasteiger partial charge in [0.25, 0.3) is 0 Å². The van der Waals surface area contributed by atoms with Crippen LogP contribution in [-0.4, -0.2) is 65.6 Å². The lowest BCUT2D eigenvalue weighted by Crippen LogP contribution is -2.49. The second-order valence-corrected chi connectivity index (χ2v) is 6.43. The highest BCUT2D eigenvalue weighted by Gasteiger charge is 2.30. The van der Waals surface area contributed by atoms with Gasteiger partial charge in [0.1, 0.15) is 5.82 Å². The Kier molecular flexibility index (Phi) is 5.10. The Labute approximate surface area is 131 Å². The molecule has 0 spiro atoms. The van der Waals surface area contributed by atoms with Crippen molar-refractivity contribution >= 4 is 5.91 Å². The topological polar surface area (TPSA) is 61.5 Å². The summed E-state index contributed by atoms with van der Waals surface area (Å²) in [6.45, 7) is 4.14. The summed E-state index contributed by atoms with van der Waals surface area (Å²) in [7, 11) is 2.09. The highest BCUT2D eigenvalue weighted by Crippen LogP contribution is 2.23. The first-order valence-electron chi connectivity index (χ1n) is 8.29. The number of amides is 1. The van der Waals surface area contributed by atoms with Gasteiger partial charge < -0.3 is 14.6 Å². The zero-order chi connectivity index (χ0) is 15.4. The van der Waals surface area contributed by atoms with Crippen molar-refractivity contribution < 1.29 is 9.53 Å². The zero-order valence-corrected chi connectivity index (χ0v) is 13.3. The number of carbonyl (C=O) groups is 1. The lowest BCUT2D eigenvalue weighted by atomic mass is 9.96. The van der Waals surface area contributed by atoms with Crippen molar-refractivity contribution in [3.8, 4) is 0 Å². The number of nitrogens with one attached hydrogen (secondary N) is 1. The van der Waals surface area contributed by atoms with Gasteiger partial charge in [-0.15, -0.1) is 0 Å².